The van der Waals surface area contributed by atoms with E-state index in [9.17, 15) is 9.90 Å². The zero-order valence-electron chi connectivity index (χ0n) is 20.7. The van der Waals surface area contributed by atoms with Crippen LogP contribution in [0.4, 0.5) is 5.82 Å². The van der Waals surface area contributed by atoms with Gasteiger partial charge in [0.25, 0.3) is 0 Å². The second-order valence-electron chi connectivity index (χ2n) is 9.10. The molecule has 37 heavy (non-hydrogen) atoms. The molecule has 2 heterocycles. The van der Waals surface area contributed by atoms with Crippen LogP contribution < -0.4 is 14.8 Å². The van der Waals surface area contributed by atoms with Crippen LogP contribution in [0.5, 0.6) is 11.5 Å². The molecule has 2 N–H and O–H groups in total. The number of benzene rings is 2. The molecule has 0 spiro atoms. The molecule has 0 radical (unpaired) electrons. The van der Waals surface area contributed by atoms with Gasteiger partial charge in [0.1, 0.15) is 29.2 Å². The van der Waals surface area contributed by atoms with Crippen molar-refractivity contribution in [2.45, 2.75) is 45.1 Å². The summed E-state index contributed by atoms with van der Waals surface area (Å²) in [7, 11) is 1.67. The van der Waals surface area contributed by atoms with Gasteiger partial charge in [0.05, 0.1) is 23.6 Å². The van der Waals surface area contributed by atoms with Gasteiger partial charge in [-0.05, 0) is 68.9 Å². The summed E-state index contributed by atoms with van der Waals surface area (Å²) in [5, 5.41) is 14.8. The third kappa shape index (κ3) is 5.36. The number of nitrogens with one attached hydrogen (secondary N) is 1. The van der Waals surface area contributed by atoms with Crippen LogP contribution >= 0.6 is 22.9 Å². The van der Waals surface area contributed by atoms with Gasteiger partial charge in [-0.1, -0.05) is 17.7 Å². The van der Waals surface area contributed by atoms with E-state index in [1.807, 2.05) is 18.2 Å². The Balaban J connectivity index is 1.33. The fraction of sp³-hybridized carbons (Fsp3) is 0.321. The molecule has 192 valence electrons. The summed E-state index contributed by atoms with van der Waals surface area (Å²) < 4.78 is 12.7. The van der Waals surface area contributed by atoms with Crippen LogP contribution in [0.3, 0.4) is 0 Å². The van der Waals surface area contributed by atoms with Crippen molar-refractivity contribution in [2.24, 2.45) is 0 Å². The molecule has 1 aliphatic carbocycles. The van der Waals surface area contributed by atoms with Gasteiger partial charge in [0.15, 0.2) is 0 Å². The van der Waals surface area contributed by atoms with Crippen LogP contribution in [0.15, 0.2) is 42.7 Å². The molecule has 0 atom stereocenters. The average Bonchev–Trinajstić information content (AvgIpc) is 3.52. The summed E-state index contributed by atoms with van der Waals surface area (Å²) in [5.74, 6) is 0.902. The largest absolute Gasteiger partial charge is 0.495 e. The molecule has 0 unspecified atom stereocenters. The third-order valence-corrected chi connectivity index (χ3v) is 8.20. The van der Waals surface area contributed by atoms with Crippen molar-refractivity contribution >= 4 is 44.8 Å². The van der Waals surface area contributed by atoms with Gasteiger partial charge in [-0.25, -0.2) is 14.8 Å². The highest BCUT2D eigenvalue weighted by Gasteiger charge is 2.21. The number of ether oxygens (including phenoxy) is 2. The molecule has 7 nitrogen and oxygen atoms in total. The minimum absolute atomic E-state index is 0.0566. The van der Waals surface area contributed by atoms with Gasteiger partial charge in [0.2, 0.25) is 0 Å². The summed E-state index contributed by atoms with van der Waals surface area (Å²) in [5.41, 5.74) is 2.83. The molecule has 5 rings (SSSR count). The van der Waals surface area contributed by atoms with Crippen molar-refractivity contribution < 1.29 is 19.4 Å². The van der Waals surface area contributed by atoms with Crippen molar-refractivity contribution in [2.75, 3.05) is 19.0 Å². The lowest BCUT2D eigenvalue weighted by molar-refractivity contribution is 0.0689. The quantitative estimate of drug-likeness (QED) is 0.237. The molecular formula is C28H28ClN3O4S. The first-order valence-electron chi connectivity index (χ1n) is 12.3. The van der Waals surface area contributed by atoms with Gasteiger partial charge < -0.3 is 19.9 Å². The maximum Gasteiger partial charge on any atom is 0.339 e. The van der Waals surface area contributed by atoms with E-state index in [1.165, 1.54) is 16.8 Å². The Morgan fingerprint density at radius 3 is 2.73 bits per heavy atom. The predicted molar refractivity (Wildman–Crippen MR) is 148 cm³/mol. The molecule has 0 saturated heterocycles. The average molecular weight is 538 g/mol. The van der Waals surface area contributed by atoms with E-state index in [1.54, 1.807) is 36.6 Å². The van der Waals surface area contributed by atoms with E-state index < -0.39 is 5.97 Å². The Morgan fingerprint density at radius 1 is 1.16 bits per heavy atom. The number of aromatic nitrogens is 2. The minimum atomic E-state index is -1.00. The molecule has 1 aliphatic rings. The number of hydrogen-bond donors (Lipinski definition) is 2. The highest BCUT2D eigenvalue weighted by atomic mass is 35.5. The van der Waals surface area contributed by atoms with E-state index >= 15 is 0 Å². The Kier molecular flexibility index (Phi) is 7.48. The standard InChI is InChI=1S/C28H28ClN3O4S/c1-16-19(26-21(29)9-10-23(35-2)27(26)37-16)11-12-30-25-14-22(31-15-32-25)17-7-8-20(28(33)34)24(13-17)36-18-5-3-4-6-18/h7-10,13-15,18H,3-6,11-12H2,1-2H3,(H,33,34)(H,30,31,32). The number of hydrogen-bond acceptors (Lipinski definition) is 7. The fourth-order valence-corrected chi connectivity index (χ4v) is 6.39. The number of nitrogens with zero attached hydrogens (tertiary/aromatic N) is 2. The summed E-state index contributed by atoms with van der Waals surface area (Å²) in [6.45, 7) is 2.76. The smallest absolute Gasteiger partial charge is 0.339 e. The minimum Gasteiger partial charge on any atom is -0.495 e. The van der Waals surface area contributed by atoms with Crippen LogP contribution in [0.25, 0.3) is 21.3 Å². The summed E-state index contributed by atoms with van der Waals surface area (Å²) in [6.07, 6.45) is 6.44. The monoisotopic (exact) mass is 537 g/mol. The molecule has 0 bridgehead atoms. The zero-order chi connectivity index (χ0) is 25.9. The van der Waals surface area contributed by atoms with Gasteiger partial charge in [-0.3, -0.25) is 0 Å². The second-order valence-corrected chi connectivity index (χ2v) is 10.7. The summed E-state index contributed by atoms with van der Waals surface area (Å²) in [4.78, 5) is 21.7. The highest BCUT2D eigenvalue weighted by Crippen LogP contribution is 2.41. The number of anilines is 1. The van der Waals surface area contributed by atoms with E-state index in [-0.39, 0.29) is 11.7 Å². The number of carboxylic acid groups (broad SMARTS) is 1. The van der Waals surface area contributed by atoms with Gasteiger partial charge in [0, 0.05) is 33.5 Å². The highest BCUT2D eigenvalue weighted by molar-refractivity contribution is 7.19. The first kappa shape index (κ1) is 25.3. The molecule has 1 fully saturated rings. The molecule has 4 aromatic rings. The van der Waals surface area contributed by atoms with Gasteiger partial charge >= 0.3 is 5.97 Å². The van der Waals surface area contributed by atoms with E-state index in [2.05, 4.69) is 22.2 Å². The first-order chi connectivity index (χ1) is 17.9. The van der Waals surface area contributed by atoms with E-state index in [0.717, 1.165) is 58.5 Å². The molecule has 2 aromatic heterocycles. The van der Waals surface area contributed by atoms with Gasteiger partial charge in [-0.2, -0.15) is 0 Å². The lowest BCUT2D eigenvalue weighted by Crippen LogP contribution is -2.13. The van der Waals surface area contributed by atoms with Crippen molar-refractivity contribution in [3.8, 4) is 22.8 Å². The van der Waals surface area contributed by atoms with Crippen LogP contribution in [0, 0.1) is 6.92 Å². The number of rotatable bonds is 9. The Labute approximate surface area is 224 Å². The number of halogens is 1. The molecule has 0 aliphatic heterocycles. The number of thiophene rings is 1. The van der Waals surface area contributed by atoms with E-state index in [4.69, 9.17) is 21.1 Å². The number of fused-ring (bicyclic) bond motifs is 1. The van der Waals surface area contributed by atoms with Crippen LogP contribution in [-0.2, 0) is 6.42 Å². The fourth-order valence-electron chi connectivity index (χ4n) is 4.84. The van der Waals surface area contributed by atoms with Crippen molar-refractivity contribution in [3.05, 3.63) is 63.8 Å². The lowest BCUT2D eigenvalue weighted by Gasteiger charge is -2.16. The first-order valence-corrected chi connectivity index (χ1v) is 13.5. The summed E-state index contributed by atoms with van der Waals surface area (Å²) in [6, 6.07) is 10.8. The number of methoxy groups -OCH3 is 1. The topological polar surface area (TPSA) is 93.6 Å². The number of carboxylic acids is 1. The zero-order valence-corrected chi connectivity index (χ0v) is 22.3. The summed E-state index contributed by atoms with van der Waals surface area (Å²) >= 11 is 8.24. The third-order valence-electron chi connectivity index (χ3n) is 6.72. The Morgan fingerprint density at radius 2 is 1.97 bits per heavy atom. The van der Waals surface area contributed by atoms with Crippen molar-refractivity contribution in [1.29, 1.82) is 0 Å². The molecule has 1 saturated carbocycles. The lowest BCUT2D eigenvalue weighted by atomic mass is 10.1. The normalized spacial score (nSPS) is 13.7. The van der Waals surface area contributed by atoms with E-state index in [0.29, 0.717) is 23.8 Å². The number of carbonyl (C=O) groups is 1. The molecular weight excluding hydrogens is 510 g/mol. The van der Waals surface area contributed by atoms with Crippen LogP contribution in [-0.4, -0.2) is 40.8 Å². The van der Waals surface area contributed by atoms with Gasteiger partial charge in [-0.15, -0.1) is 11.3 Å². The molecule has 0 amide bonds. The Bertz CT molecular complexity index is 1450. The maximum absolute atomic E-state index is 11.7. The van der Waals surface area contributed by atoms with Crippen molar-refractivity contribution in [1.82, 2.24) is 9.97 Å². The predicted octanol–water partition coefficient (Wildman–Crippen LogP) is 7.00. The molecule has 2 aromatic carbocycles. The second kappa shape index (κ2) is 10.9. The van der Waals surface area contributed by atoms with Crippen LogP contribution in [0.2, 0.25) is 5.02 Å². The van der Waals surface area contributed by atoms with Crippen molar-refractivity contribution in [3.63, 3.8) is 0 Å². The number of aryl methyl sites for hydroxylation is 1. The molecule has 9 heteroatoms. The number of aromatic carboxylic acids is 1. The SMILES string of the molecule is COc1ccc(Cl)c2c(CCNc3cc(-c4ccc(C(=O)O)c(OC5CCCC5)c4)ncn3)c(C)sc12. The maximum atomic E-state index is 11.7. The Hall–Kier alpha value is -3.36. The van der Waals surface area contributed by atoms with Crippen LogP contribution in [0.1, 0.15) is 46.5 Å².